The lowest BCUT2D eigenvalue weighted by Crippen LogP contribution is -2.22. The first kappa shape index (κ1) is 25.8. The molecule has 0 atom stereocenters. The third-order valence-electron chi connectivity index (χ3n) is 4.98. The first-order valence-electron chi connectivity index (χ1n) is 11.2. The Kier molecular flexibility index (Phi) is 10.3. The summed E-state index contributed by atoms with van der Waals surface area (Å²) in [4.78, 5) is 24.4. The maximum Gasteiger partial charge on any atom is 0.371 e. The molecule has 1 amide bonds. The molecule has 178 valence electrons. The standard InChI is InChI=1S/C26H33NO6/c1-5-7-15-32-24-17-21(18-25(26(29)30)31-6-2)10-13-23(24)33-16-14-20-8-11-22(12-9-20)27(4)19(3)28/h8-13,17-18H,5-7,14-16H2,1-4H3,(H,29,30)/b25-18+. The van der Waals surface area contributed by atoms with Crippen molar-refractivity contribution in [1.82, 2.24) is 0 Å². The van der Waals surface area contributed by atoms with Gasteiger partial charge < -0.3 is 24.2 Å². The SMILES string of the molecule is CCCCOc1cc(/C=C(/OCC)C(=O)O)ccc1OCCc1ccc(N(C)C(C)=O)cc1. The van der Waals surface area contributed by atoms with E-state index in [1.54, 1.807) is 37.1 Å². The molecule has 0 heterocycles. The van der Waals surface area contributed by atoms with E-state index in [9.17, 15) is 14.7 Å². The highest BCUT2D eigenvalue weighted by atomic mass is 16.5. The largest absolute Gasteiger partial charge is 0.490 e. The molecule has 7 nitrogen and oxygen atoms in total. The van der Waals surface area contributed by atoms with Gasteiger partial charge in [-0.05, 0) is 54.8 Å². The maximum atomic E-state index is 11.5. The van der Waals surface area contributed by atoms with Gasteiger partial charge in [0.15, 0.2) is 11.5 Å². The van der Waals surface area contributed by atoms with Crippen LogP contribution in [0, 0.1) is 0 Å². The number of benzene rings is 2. The predicted octanol–water partition coefficient (Wildman–Crippen LogP) is 4.93. The quantitative estimate of drug-likeness (QED) is 0.262. The Morgan fingerprint density at radius 2 is 1.70 bits per heavy atom. The van der Waals surface area contributed by atoms with E-state index >= 15 is 0 Å². The maximum absolute atomic E-state index is 11.5. The number of carboxylic acid groups (broad SMARTS) is 1. The average molecular weight is 456 g/mol. The fourth-order valence-electron chi connectivity index (χ4n) is 2.99. The Labute approximate surface area is 195 Å². The number of nitrogens with zero attached hydrogens (tertiary/aromatic N) is 1. The third kappa shape index (κ3) is 8.18. The zero-order valence-electron chi connectivity index (χ0n) is 19.8. The molecule has 0 aliphatic rings. The number of hydrogen-bond donors (Lipinski definition) is 1. The third-order valence-corrected chi connectivity index (χ3v) is 4.98. The molecule has 0 saturated carbocycles. The van der Waals surface area contributed by atoms with Crippen molar-refractivity contribution in [2.75, 3.05) is 31.8 Å². The van der Waals surface area contributed by atoms with Crippen LogP contribution in [0.2, 0.25) is 0 Å². The van der Waals surface area contributed by atoms with E-state index in [4.69, 9.17) is 14.2 Å². The summed E-state index contributed by atoms with van der Waals surface area (Å²) in [5, 5.41) is 9.29. The molecule has 0 radical (unpaired) electrons. The summed E-state index contributed by atoms with van der Waals surface area (Å²) < 4.78 is 17.1. The Morgan fingerprint density at radius 3 is 2.30 bits per heavy atom. The number of aliphatic carboxylic acids is 1. The van der Waals surface area contributed by atoms with Gasteiger partial charge in [0.25, 0.3) is 0 Å². The topological polar surface area (TPSA) is 85.3 Å². The van der Waals surface area contributed by atoms with Crippen molar-refractivity contribution in [1.29, 1.82) is 0 Å². The minimum Gasteiger partial charge on any atom is -0.490 e. The average Bonchev–Trinajstić information content (AvgIpc) is 2.80. The minimum absolute atomic E-state index is 0.0169. The Bertz CT molecular complexity index is 952. The molecule has 33 heavy (non-hydrogen) atoms. The highest BCUT2D eigenvalue weighted by molar-refractivity contribution is 5.91. The first-order valence-corrected chi connectivity index (χ1v) is 11.2. The number of ether oxygens (including phenoxy) is 3. The second-order valence-electron chi connectivity index (χ2n) is 7.50. The molecule has 0 bridgehead atoms. The number of hydrogen-bond acceptors (Lipinski definition) is 5. The van der Waals surface area contributed by atoms with E-state index in [0.29, 0.717) is 36.7 Å². The Balaban J connectivity index is 2.10. The number of rotatable bonds is 13. The fourth-order valence-corrected chi connectivity index (χ4v) is 2.99. The van der Waals surface area contributed by atoms with Crippen LogP contribution < -0.4 is 14.4 Å². The second-order valence-corrected chi connectivity index (χ2v) is 7.50. The van der Waals surface area contributed by atoms with Gasteiger partial charge in [-0.3, -0.25) is 4.79 Å². The van der Waals surface area contributed by atoms with Gasteiger partial charge in [0.05, 0.1) is 19.8 Å². The van der Waals surface area contributed by atoms with Gasteiger partial charge in [-0.2, -0.15) is 0 Å². The molecule has 0 saturated heterocycles. The predicted molar refractivity (Wildman–Crippen MR) is 129 cm³/mol. The van der Waals surface area contributed by atoms with Gasteiger partial charge in [-0.25, -0.2) is 4.79 Å². The van der Waals surface area contributed by atoms with Crippen LogP contribution in [0.15, 0.2) is 48.2 Å². The summed E-state index contributed by atoms with van der Waals surface area (Å²) in [6.07, 6.45) is 4.06. The van der Waals surface area contributed by atoms with Gasteiger partial charge in [-0.1, -0.05) is 31.5 Å². The van der Waals surface area contributed by atoms with E-state index in [1.165, 1.54) is 13.0 Å². The molecule has 0 spiro atoms. The molecule has 0 aromatic heterocycles. The van der Waals surface area contributed by atoms with Gasteiger partial charge in [0.2, 0.25) is 11.7 Å². The number of carbonyl (C=O) groups is 2. The molecule has 7 heteroatoms. The number of carbonyl (C=O) groups excluding carboxylic acids is 1. The molecular formula is C26H33NO6. The lowest BCUT2D eigenvalue weighted by Gasteiger charge is -2.16. The number of anilines is 1. The van der Waals surface area contributed by atoms with Gasteiger partial charge in [0.1, 0.15) is 0 Å². The molecule has 2 rings (SSSR count). The number of carboxylic acids is 1. The molecule has 2 aromatic carbocycles. The zero-order valence-corrected chi connectivity index (χ0v) is 19.8. The Hall–Kier alpha value is -3.48. The van der Waals surface area contributed by atoms with E-state index in [2.05, 4.69) is 6.92 Å². The van der Waals surface area contributed by atoms with Crippen molar-refractivity contribution < 1.29 is 28.9 Å². The fraction of sp³-hybridized carbons (Fsp3) is 0.385. The lowest BCUT2D eigenvalue weighted by molar-refractivity contribution is -0.136. The summed E-state index contributed by atoms with van der Waals surface area (Å²) in [5.74, 6) is -0.0891. The van der Waals surface area contributed by atoms with Crippen LogP contribution in [-0.2, 0) is 20.7 Å². The van der Waals surface area contributed by atoms with E-state index in [1.807, 2.05) is 24.3 Å². The molecule has 0 aliphatic heterocycles. The molecule has 0 unspecified atom stereocenters. The zero-order chi connectivity index (χ0) is 24.2. The smallest absolute Gasteiger partial charge is 0.371 e. The van der Waals surface area contributed by atoms with E-state index in [0.717, 1.165) is 24.1 Å². The Morgan fingerprint density at radius 1 is 1.00 bits per heavy atom. The summed E-state index contributed by atoms with van der Waals surface area (Å²) in [6, 6.07) is 13.1. The van der Waals surface area contributed by atoms with Crippen molar-refractivity contribution in [2.24, 2.45) is 0 Å². The van der Waals surface area contributed by atoms with Crippen molar-refractivity contribution in [3.8, 4) is 11.5 Å². The lowest BCUT2D eigenvalue weighted by atomic mass is 10.1. The van der Waals surface area contributed by atoms with Crippen LogP contribution in [0.25, 0.3) is 6.08 Å². The van der Waals surface area contributed by atoms with Crippen LogP contribution in [0.5, 0.6) is 11.5 Å². The molecule has 0 aliphatic carbocycles. The van der Waals surface area contributed by atoms with Crippen LogP contribution in [-0.4, -0.2) is 43.9 Å². The van der Waals surface area contributed by atoms with E-state index in [-0.39, 0.29) is 18.3 Å². The summed E-state index contributed by atoms with van der Waals surface area (Å²) >= 11 is 0. The van der Waals surface area contributed by atoms with Crippen LogP contribution >= 0.6 is 0 Å². The molecular weight excluding hydrogens is 422 g/mol. The van der Waals surface area contributed by atoms with Crippen LogP contribution in [0.4, 0.5) is 5.69 Å². The number of unbranched alkanes of at least 4 members (excludes halogenated alkanes) is 1. The monoisotopic (exact) mass is 455 g/mol. The second kappa shape index (κ2) is 13.2. The van der Waals surface area contributed by atoms with Crippen molar-refractivity contribution in [3.05, 3.63) is 59.4 Å². The molecule has 1 N–H and O–H groups in total. The van der Waals surface area contributed by atoms with Gasteiger partial charge in [0, 0.05) is 26.1 Å². The van der Waals surface area contributed by atoms with Crippen molar-refractivity contribution in [3.63, 3.8) is 0 Å². The van der Waals surface area contributed by atoms with Crippen molar-refractivity contribution >= 4 is 23.6 Å². The molecule has 0 fully saturated rings. The first-order chi connectivity index (χ1) is 15.8. The summed E-state index contributed by atoms with van der Waals surface area (Å²) in [5.41, 5.74) is 2.59. The normalized spacial score (nSPS) is 11.1. The van der Waals surface area contributed by atoms with Crippen LogP contribution in [0.1, 0.15) is 44.7 Å². The summed E-state index contributed by atoms with van der Waals surface area (Å²) in [6.45, 7) is 6.61. The minimum atomic E-state index is -1.12. The van der Waals surface area contributed by atoms with Gasteiger partial charge >= 0.3 is 5.97 Å². The van der Waals surface area contributed by atoms with E-state index < -0.39 is 5.97 Å². The van der Waals surface area contributed by atoms with Crippen molar-refractivity contribution in [2.45, 2.75) is 40.0 Å². The highest BCUT2D eigenvalue weighted by Crippen LogP contribution is 2.30. The molecule has 2 aromatic rings. The van der Waals surface area contributed by atoms with Crippen LogP contribution in [0.3, 0.4) is 0 Å². The highest BCUT2D eigenvalue weighted by Gasteiger charge is 2.11. The van der Waals surface area contributed by atoms with Gasteiger partial charge in [-0.15, -0.1) is 0 Å². The summed E-state index contributed by atoms with van der Waals surface area (Å²) in [7, 11) is 1.74. The number of amides is 1.